The van der Waals surface area contributed by atoms with Crippen LogP contribution in [0.5, 0.6) is 0 Å². The van der Waals surface area contributed by atoms with Gasteiger partial charge in [-0.1, -0.05) is 39.5 Å². The molecule has 5 atom stereocenters. The normalized spacial score (nSPS) is 17.2. The summed E-state index contributed by atoms with van der Waals surface area (Å²) in [7, 11) is -19.4. The van der Waals surface area contributed by atoms with Crippen molar-refractivity contribution < 1.29 is 96.9 Å². The van der Waals surface area contributed by atoms with Crippen LogP contribution in [0.3, 0.4) is 0 Å². The zero-order chi connectivity index (χ0) is 53.1. The molecule has 27 nitrogen and oxygen atoms in total. The summed E-state index contributed by atoms with van der Waals surface area (Å²) >= 11 is 0. The minimum atomic E-state index is -5.18. The van der Waals surface area contributed by atoms with Gasteiger partial charge in [0.2, 0.25) is 10.3 Å². The monoisotopic (exact) mass is 1140 g/mol. The summed E-state index contributed by atoms with van der Waals surface area (Å²) < 4.78 is 124. The van der Waals surface area contributed by atoms with Crippen molar-refractivity contribution in [2.24, 2.45) is 0 Å². The Bertz CT molecular complexity index is 3460. The largest absolute Gasteiger partial charge is 0.486 e. The number of carboxylic acid groups (broad SMARTS) is 1. The molecule has 34 heteroatoms. The molecule has 0 bridgehead atoms. The van der Waals surface area contributed by atoms with Gasteiger partial charge in [0.05, 0.1) is 29.5 Å². The summed E-state index contributed by atoms with van der Waals surface area (Å²) in [4.78, 5) is 68.5. The van der Waals surface area contributed by atoms with E-state index >= 15 is 0 Å². The second kappa shape index (κ2) is 22.4. The van der Waals surface area contributed by atoms with Crippen LogP contribution in [0.1, 0.15) is 59.2 Å². The molecular weight excluding hydrogens is 1100 g/mol. The minimum absolute atomic E-state index is 0.0632. The van der Waals surface area contributed by atoms with E-state index in [0.29, 0.717) is 0 Å². The van der Waals surface area contributed by atoms with Crippen molar-refractivity contribution in [3.63, 3.8) is 0 Å². The quantitative estimate of drug-likeness (QED) is 0.00780. The zero-order valence-electron chi connectivity index (χ0n) is 37.0. The molecule has 1 amide bonds. The van der Waals surface area contributed by atoms with E-state index in [9.17, 15) is 64.3 Å². The lowest BCUT2D eigenvalue weighted by atomic mass is 9.89. The highest BCUT2D eigenvalue weighted by Crippen LogP contribution is 2.62. The topological polar surface area (TPSA) is 442 Å². The van der Waals surface area contributed by atoms with Crippen LogP contribution in [-0.2, 0) is 52.0 Å². The molecular formula is C38H42N6O21P3S4+. The second-order valence-electron chi connectivity index (χ2n) is 15.6. The Balaban J connectivity index is 1.07. The first-order chi connectivity index (χ1) is 33.5. The molecule has 3 heterocycles. The molecule has 388 valence electrons. The average Bonchev–Trinajstić information content (AvgIpc) is 3.74. The third-order valence-corrected chi connectivity index (χ3v) is 18.2. The number of carbonyl (C=O) groups is 2. The van der Waals surface area contributed by atoms with E-state index in [4.69, 9.17) is 40.2 Å². The first kappa shape index (κ1) is 56.5. The van der Waals surface area contributed by atoms with Crippen molar-refractivity contribution in [3.05, 3.63) is 81.2 Å². The van der Waals surface area contributed by atoms with Crippen LogP contribution < -0.4 is 33.2 Å². The molecule has 0 spiro atoms. The van der Waals surface area contributed by atoms with Gasteiger partial charge in [-0.15, -0.1) is 0 Å². The number of aromatic carboxylic acids is 1. The number of rotatable bonds is 20. The van der Waals surface area contributed by atoms with Crippen molar-refractivity contribution in [1.29, 1.82) is 0 Å². The number of hydrogen-bond acceptors (Lipinski definition) is 21. The number of benzene rings is 3. The number of fused-ring (bicyclic) bond motifs is 2. The van der Waals surface area contributed by atoms with E-state index < -0.39 is 124 Å². The number of carboxylic acids is 1. The van der Waals surface area contributed by atoms with Crippen LogP contribution >= 0.6 is 46.3 Å². The van der Waals surface area contributed by atoms with Gasteiger partial charge in [0.15, 0.2) is 25.3 Å². The number of hydrogen-bond donors (Lipinski definition) is 10. The molecule has 6 rings (SSSR count). The Kier molecular flexibility index (Phi) is 17.5. The molecule has 3 aliphatic rings. The van der Waals surface area contributed by atoms with Crippen LogP contribution in [0.25, 0.3) is 33.4 Å². The van der Waals surface area contributed by atoms with Crippen LogP contribution in [0.4, 0.5) is 11.5 Å². The predicted octanol–water partition coefficient (Wildman–Crippen LogP) is 2.12. The van der Waals surface area contributed by atoms with E-state index in [2.05, 4.69) is 30.8 Å². The van der Waals surface area contributed by atoms with Gasteiger partial charge < -0.3 is 50.5 Å². The van der Waals surface area contributed by atoms with Crippen molar-refractivity contribution in [2.45, 2.75) is 53.6 Å². The molecule has 2 aliphatic heterocycles. The summed E-state index contributed by atoms with van der Waals surface area (Å²) in [6.45, 7) is 3.02. The highest BCUT2D eigenvalue weighted by molar-refractivity contribution is 8.77. The molecule has 1 aromatic heterocycles. The standard InChI is InChI=1S/C38H41N6O21P3S4/c1-38(2,70-69-18-60-13-3-4-20-15-44(37(48)43-34(20)41)28-12-6-21(62-28)16-61-67(50,51)65-68(52,53)64-66-49)17-42-35(45)19-5-7-22(25(14-19)36(46)47)29-23-8-10-26(39)32(71(54,55)56)30(23)63-31-24(29)9-11-27(40)33(31)72(57,58)59/h5,7-11,14-15,21,28,39,49,66H,6,12-13,16-18,40H2,1-2H3,(H,42,45)(H,46,47)(H,50,51)(H,52,53)(H2,41,43,48)(H,54,55,56)(H,57,58,59)/p+1/t21-,28+/m0/s1. The Hall–Kier alpha value is -4.80. The van der Waals surface area contributed by atoms with Crippen LogP contribution in [-0.4, -0.2) is 104 Å². The zero-order valence-corrected chi connectivity index (χ0v) is 43.0. The van der Waals surface area contributed by atoms with Gasteiger partial charge in [0, 0.05) is 45.6 Å². The third-order valence-electron chi connectivity index (χ3n) is 9.98. The van der Waals surface area contributed by atoms with Gasteiger partial charge in [-0.25, -0.2) is 23.0 Å². The maximum absolute atomic E-state index is 13.5. The maximum Gasteiger partial charge on any atom is 0.486 e. The molecule has 72 heavy (non-hydrogen) atoms. The number of nitrogens with zero attached hydrogens (tertiary/aromatic N) is 2. The number of nitrogens with one attached hydrogen (secondary N) is 1. The first-order valence-corrected chi connectivity index (χ1v) is 29.1. The molecule has 13 N–H and O–H groups in total. The van der Waals surface area contributed by atoms with Gasteiger partial charge in [-0.2, -0.15) is 26.1 Å². The molecule has 1 fully saturated rings. The Labute approximate surface area is 416 Å². The van der Waals surface area contributed by atoms with Crippen molar-refractivity contribution in [2.75, 3.05) is 37.2 Å². The van der Waals surface area contributed by atoms with Gasteiger partial charge >= 0.3 is 37.4 Å². The lowest BCUT2D eigenvalue weighted by Gasteiger charge is -2.23. The predicted molar refractivity (Wildman–Crippen MR) is 258 cm³/mol. The summed E-state index contributed by atoms with van der Waals surface area (Å²) in [5, 5.41) is 18.4. The fourth-order valence-corrected chi connectivity index (χ4v) is 13.0. The van der Waals surface area contributed by atoms with E-state index in [0.717, 1.165) is 22.8 Å². The first-order valence-electron chi connectivity index (χ1n) is 20.0. The van der Waals surface area contributed by atoms with E-state index in [1.807, 2.05) is 13.8 Å². The SMILES string of the molecule is CC(C)(CNC(=O)c1ccc(-c2c3ccc(=[NH2+])c(S(=O)(=O)O)c-3oc3c(S(=O)(=O)O)c(N)ccc23)c(C(=O)O)c1)SSCOCC#Cc1cn([C@H]2CC[C@@H](COP(=O)(O)OP(=O)(O)OPO)O2)c(=O)nc1N. The molecule has 0 radical (unpaired) electrons. The Morgan fingerprint density at radius 1 is 1.04 bits per heavy atom. The van der Waals surface area contributed by atoms with Gasteiger partial charge in [0.1, 0.15) is 24.6 Å². The second-order valence-corrected chi connectivity index (χ2v) is 25.0. The maximum atomic E-state index is 13.5. The number of phosphoric ester groups is 1. The fraction of sp³-hybridized carbons (Fsp3) is 0.289. The Morgan fingerprint density at radius 3 is 2.40 bits per heavy atom. The highest BCUT2D eigenvalue weighted by atomic mass is 33.1. The van der Waals surface area contributed by atoms with Crippen LogP contribution in [0, 0.1) is 11.8 Å². The number of carbonyl (C=O) groups excluding carboxylic acids is 1. The summed E-state index contributed by atoms with van der Waals surface area (Å²) in [6, 6.07) is 8.22. The minimum Gasteiger partial charge on any atom is -0.478 e. The van der Waals surface area contributed by atoms with Crippen LogP contribution in [0.15, 0.2) is 67.7 Å². The molecule has 0 saturated carbocycles. The number of phosphoric acid groups is 2. The van der Waals surface area contributed by atoms with E-state index in [1.54, 1.807) is 0 Å². The molecule has 3 unspecified atom stereocenters. The van der Waals surface area contributed by atoms with Crippen molar-refractivity contribution in [1.82, 2.24) is 14.9 Å². The van der Waals surface area contributed by atoms with Gasteiger partial charge in [0.25, 0.3) is 16.0 Å². The lowest BCUT2D eigenvalue weighted by molar-refractivity contribution is -0.176. The third kappa shape index (κ3) is 13.7. The summed E-state index contributed by atoms with van der Waals surface area (Å²) in [5.74, 6) is 2.53. The number of anilines is 2. The summed E-state index contributed by atoms with van der Waals surface area (Å²) in [6.07, 6.45) is -0.0110. The fourth-order valence-electron chi connectivity index (χ4n) is 6.97. The number of nitrogens with two attached hydrogens (primary N) is 3. The number of amides is 1. The molecule has 1 saturated heterocycles. The number of aromatic nitrogens is 2. The molecule has 3 aromatic rings. The summed E-state index contributed by atoms with van der Waals surface area (Å²) in [5.41, 5.74) is 8.90. The van der Waals surface area contributed by atoms with E-state index in [1.165, 1.54) is 52.1 Å². The van der Waals surface area contributed by atoms with Crippen LogP contribution in [0.2, 0.25) is 0 Å². The lowest BCUT2D eigenvalue weighted by Crippen LogP contribution is -2.47. The molecule has 2 aromatic carbocycles. The van der Waals surface area contributed by atoms with Gasteiger partial charge in [-0.3, -0.25) is 28.4 Å². The molecule has 1 aliphatic carbocycles. The van der Waals surface area contributed by atoms with Crippen molar-refractivity contribution >= 4 is 101 Å². The smallest absolute Gasteiger partial charge is 0.478 e. The van der Waals surface area contributed by atoms with Crippen molar-refractivity contribution in [3.8, 4) is 34.3 Å². The highest BCUT2D eigenvalue weighted by Gasteiger charge is 2.38. The average molecular weight is 1140 g/mol. The van der Waals surface area contributed by atoms with Gasteiger partial charge in [-0.05, 0) is 62.6 Å². The van der Waals surface area contributed by atoms with E-state index in [-0.39, 0.29) is 71.0 Å². The Morgan fingerprint density at radius 2 is 1.74 bits per heavy atom. The number of nitrogen functional groups attached to an aromatic ring is 2. The number of ether oxygens (including phenoxy) is 2.